The number of anilines is 1. The van der Waals surface area contributed by atoms with Crippen LogP contribution < -0.4 is 16.2 Å². The number of carboxylic acids is 1. The third-order valence-electron chi connectivity index (χ3n) is 1.80. The van der Waals surface area contributed by atoms with Crippen molar-refractivity contribution in [2.75, 3.05) is 5.73 Å². The number of hydrogen-bond acceptors (Lipinski definition) is 5. The monoisotopic (exact) mass is 251 g/mol. The largest absolute Gasteiger partial charge is 0.573 e. The number of carboxylic acid groups (broad SMARTS) is 1. The second-order valence-electron chi connectivity index (χ2n) is 2.91. The predicted molar refractivity (Wildman–Crippen MR) is 50.2 cm³/mol. The predicted octanol–water partition coefficient (Wildman–Crippen LogP) is 0.719. The van der Waals surface area contributed by atoms with Crippen LogP contribution in [0.2, 0.25) is 0 Å². The molecular formula is C8H8F3N3O3. The van der Waals surface area contributed by atoms with Gasteiger partial charge in [-0.3, -0.25) is 4.98 Å². The summed E-state index contributed by atoms with van der Waals surface area (Å²) >= 11 is 0. The third kappa shape index (κ3) is 2.97. The van der Waals surface area contributed by atoms with Gasteiger partial charge in [-0.15, -0.1) is 13.2 Å². The van der Waals surface area contributed by atoms with Gasteiger partial charge in [0.05, 0.1) is 17.6 Å². The molecular weight excluding hydrogens is 243 g/mol. The van der Waals surface area contributed by atoms with Gasteiger partial charge in [0.25, 0.3) is 0 Å². The van der Waals surface area contributed by atoms with Crippen LogP contribution in [0.25, 0.3) is 0 Å². The fourth-order valence-corrected chi connectivity index (χ4v) is 1.13. The molecule has 0 saturated carbocycles. The standard InChI is InChI=1S/C8H8F3N3O3/c9-8(10,11)17-4-2-14-3(1-12)6(13)5(4)7(15)16/h2H,1,12-13H2,(H,15,16). The summed E-state index contributed by atoms with van der Waals surface area (Å²) in [7, 11) is 0. The van der Waals surface area contributed by atoms with Crippen molar-refractivity contribution >= 4 is 11.7 Å². The summed E-state index contributed by atoms with van der Waals surface area (Å²) in [4.78, 5) is 14.3. The lowest BCUT2D eigenvalue weighted by atomic mass is 10.1. The lowest BCUT2D eigenvalue weighted by Crippen LogP contribution is -2.21. The van der Waals surface area contributed by atoms with Crippen LogP contribution in [0.4, 0.5) is 18.9 Å². The fraction of sp³-hybridized carbons (Fsp3) is 0.250. The van der Waals surface area contributed by atoms with Crippen LogP contribution in [0.15, 0.2) is 6.20 Å². The van der Waals surface area contributed by atoms with Crippen molar-refractivity contribution < 1.29 is 27.8 Å². The van der Waals surface area contributed by atoms with E-state index in [2.05, 4.69) is 9.72 Å². The van der Waals surface area contributed by atoms with E-state index in [-0.39, 0.29) is 12.2 Å². The van der Waals surface area contributed by atoms with Crippen LogP contribution in [0, 0.1) is 0 Å². The zero-order valence-corrected chi connectivity index (χ0v) is 8.28. The Labute approximate surface area is 93.0 Å². The molecule has 94 valence electrons. The van der Waals surface area contributed by atoms with E-state index in [0.29, 0.717) is 6.20 Å². The number of nitrogens with two attached hydrogens (primary N) is 2. The van der Waals surface area contributed by atoms with Crippen LogP contribution in [-0.4, -0.2) is 22.4 Å². The number of pyridine rings is 1. The first-order valence-electron chi connectivity index (χ1n) is 4.22. The second kappa shape index (κ2) is 4.45. The minimum atomic E-state index is -5.03. The highest BCUT2D eigenvalue weighted by molar-refractivity contribution is 5.97. The maximum absolute atomic E-state index is 12.0. The number of aromatic nitrogens is 1. The fourth-order valence-electron chi connectivity index (χ4n) is 1.13. The number of hydrogen-bond donors (Lipinski definition) is 3. The Kier molecular flexibility index (Phi) is 3.42. The number of rotatable bonds is 3. The molecule has 1 heterocycles. The van der Waals surface area contributed by atoms with Crippen molar-refractivity contribution in [3.05, 3.63) is 17.5 Å². The van der Waals surface area contributed by atoms with Gasteiger partial charge >= 0.3 is 12.3 Å². The second-order valence-corrected chi connectivity index (χ2v) is 2.91. The van der Waals surface area contributed by atoms with Gasteiger partial charge in [-0.1, -0.05) is 0 Å². The highest BCUT2D eigenvalue weighted by Gasteiger charge is 2.34. The van der Waals surface area contributed by atoms with Crippen LogP contribution >= 0.6 is 0 Å². The Bertz CT molecular complexity index is 448. The molecule has 0 amide bonds. The number of carbonyl (C=O) groups is 1. The van der Waals surface area contributed by atoms with Crippen molar-refractivity contribution in [2.24, 2.45) is 5.73 Å². The van der Waals surface area contributed by atoms with Crippen LogP contribution in [0.5, 0.6) is 5.75 Å². The summed E-state index contributed by atoms with van der Waals surface area (Å²) in [6.45, 7) is -0.196. The smallest absolute Gasteiger partial charge is 0.477 e. The van der Waals surface area contributed by atoms with Crippen molar-refractivity contribution in [3.8, 4) is 5.75 Å². The quantitative estimate of drug-likeness (QED) is 0.729. The van der Waals surface area contributed by atoms with E-state index in [4.69, 9.17) is 16.6 Å². The summed E-state index contributed by atoms with van der Waals surface area (Å²) in [5, 5.41) is 8.77. The molecule has 1 rings (SSSR count). The number of ether oxygens (including phenoxy) is 1. The lowest BCUT2D eigenvalue weighted by Gasteiger charge is -2.13. The number of halogens is 3. The molecule has 0 aliphatic heterocycles. The first kappa shape index (κ1) is 13.0. The van der Waals surface area contributed by atoms with E-state index in [1.807, 2.05) is 0 Å². The van der Waals surface area contributed by atoms with Gasteiger partial charge in [0.15, 0.2) is 5.75 Å². The van der Waals surface area contributed by atoms with Crippen LogP contribution in [-0.2, 0) is 6.54 Å². The van der Waals surface area contributed by atoms with E-state index in [0.717, 1.165) is 0 Å². The van der Waals surface area contributed by atoms with Gasteiger partial charge in [-0.2, -0.15) is 0 Å². The van der Waals surface area contributed by atoms with Gasteiger partial charge in [0.1, 0.15) is 5.56 Å². The Morgan fingerprint density at radius 1 is 1.53 bits per heavy atom. The van der Waals surface area contributed by atoms with Gasteiger partial charge in [-0.05, 0) is 0 Å². The Balaban J connectivity index is 3.32. The molecule has 0 aromatic carbocycles. The molecule has 6 nitrogen and oxygen atoms in total. The van der Waals surface area contributed by atoms with Crippen molar-refractivity contribution in [1.82, 2.24) is 4.98 Å². The number of alkyl halides is 3. The minimum Gasteiger partial charge on any atom is -0.477 e. The minimum absolute atomic E-state index is 0.0167. The first-order chi connectivity index (χ1) is 7.76. The molecule has 0 fully saturated rings. The first-order valence-corrected chi connectivity index (χ1v) is 4.22. The molecule has 0 atom stereocenters. The van der Waals surface area contributed by atoms with Crippen LogP contribution in [0.1, 0.15) is 16.1 Å². The SMILES string of the molecule is NCc1ncc(OC(F)(F)F)c(C(=O)O)c1N. The summed E-state index contributed by atoms with van der Waals surface area (Å²) in [5.41, 5.74) is 9.28. The average molecular weight is 251 g/mol. The summed E-state index contributed by atoms with van der Waals surface area (Å²) in [6, 6.07) is 0. The van der Waals surface area contributed by atoms with Gasteiger partial charge in [-0.25, -0.2) is 4.79 Å². The molecule has 9 heteroatoms. The van der Waals surface area contributed by atoms with Crippen molar-refractivity contribution in [1.29, 1.82) is 0 Å². The zero-order valence-electron chi connectivity index (χ0n) is 8.28. The molecule has 1 aromatic heterocycles. The summed E-state index contributed by atoms with van der Waals surface area (Å²) < 4.78 is 39.5. The van der Waals surface area contributed by atoms with Gasteiger partial charge in [0, 0.05) is 6.54 Å². The molecule has 5 N–H and O–H groups in total. The molecule has 0 radical (unpaired) electrons. The Morgan fingerprint density at radius 2 is 2.12 bits per heavy atom. The number of nitrogens with zero attached hydrogens (tertiary/aromatic N) is 1. The normalized spacial score (nSPS) is 11.3. The average Bonchev–Trinajstić information content (AvgIpc) is 2.14. The topological polar surface area (TPSA) is 111 Å². The maximum atomic E-state index is 12.0. The molecule has 0 unspecified atom stereocenters. The Hall–Kier alpha value is -2.03. The highest BCUT2D eigenvalue weighted by Crippen LogP contribution is 2.30. The highest BCUT2D eigenvalue weighted by atomic mass is 19.4. The van der Waals surface area contributed by atoms with Crippen molar-refractivity contribution in [2.45, 2.75) is 12.9 Å². The molecule has 0 bridgehead atoms. The van der Waals surface area contributed by atoms with E-state index in [1.54, 1.807) is 0 Å². The summed E-state index contributed by atoms with van der Waals surface area (Å²) in [5.74, 6) is -2.63. The van der Waals surface area contributed by atoms with Crippen LogP contribution in [0.3, 0.4) is 0 Å². The third-order valence-corrected chi connectivity index (χ3v) is 1.80. The number of aromatic carboxylic acids is 1. The Morgan fingerprint density at radius 3 is 2.53 bits per heavy atom. The molecule has 0 aliphatic rings. The van der Waals surface area contributed by atoms with E-state index < -0.39 is 29.3 Å². The van der Waals surface area contributed by atoms with Gasteiger partial charge in [0.2, 0.25) is 0 Å². The molecule has 0 aliphatic carbocycles. The van der Waals surface area contributed by atoms with E-state index in [9.17, 15) is 18.0 Å². The molecule has 17 heavy (non-hydrogen) atoms. The number of nitrogen functional groups attached to an aromatic ring is 1. The zero-order chi connectivity index (χ0) is 13.2. The lowest BCUT2D eigenvalue weighted by molar-refractivity contribution is -0.274. The van der Waals surface area contributed by atoms with E-state index in [1.165, 1.54) is 0 Å². The molecule has 1 aromatic rings. The van der Waals surface area contributed by atoms with E-state index >= 15 is 0 Å². The van der Waals surface area contributed by atoms with Crippen molar-refractivity contribution in [3.63, 3.8) is 0 Å². The summed E-state index contributed by atoms with van der Waals surface area (Å²) in [6.07, 6.45) is -4.40. The molecule has 0 saturated heterocycles. The maximum Gasteiger partial charge on any atom is 0.573 e. The molecule has 0 spiro atoms. The van der Waals surface area contributed by atoms with Gasteiger partial charge < -0.3 is 21.3 Å².